The minimum atomic E-state index is -0.266. The van der Waals surface area contributed by atoms with Gasteiger partial charge in [0.05, 0.1) is 16.6 Å². The molecule has 20 heavy (non-hydrogen) atoms. The molecule has 2 N–H and O–H groups in total. The monoisotopic (exact) mass is 348 g/mol. The minimum Gasteiger partial charge on any atom is -0.506 e. The standard InChI is InChI=1S/C14H9BrN2O2S/c15-8-5-6-9-10(7-8)16-14(20)17(13(9)19)11-3-1-2-4-12(11)18/h1-7,18H,(H,16,20). The first kappa shape index (κ1) is 13.1. The van der Waals surface area contributed by atoms with E-state index in [4.69, 9.17) is 12.2 Å². The van der Waals surface area contributed by atoms with E-state index in [9.17, 15) is 9.90 Å². The molecule has 0 aliphatic heterocycles. The zero-order valence-corrected chi connectivity index (χ0v) is 12.5. The van der Waals surface area contributed by atoms with Crippen molar-refractivity contribution in [1.29, 1.82) is 0 Å². The summed E-state index contributed by atoms with van der Waals surface area (Å²) in [5, 5.41) is 10.4. The number of aromatic nitrogens is 2. The number of H-pyrrole nitrogens is 1. The minimum absolute atomic E-state index is 0.00515. The van der Waals surface area contributed by atoms with E-state index in [2.05, 4.69) is 20.9 Å². The van der Waals surface area contributed by atoms with Gasteiger partial charge in [-0.2, -0.15) is 0 Å². The van der Waals surface area contributed by atoms with E-state index < -0.39 is 0 Å². The zero-order chi connectivity index (χ0) is 14.3. The Bertz CT molecular complexity index is 930. The number of para-hydroxylation sites is 2. The molecule has 6 heteroatoms. The quantitative estimate of drug-likeness (QED) is 0.661. The second-order valence-electron chi connectivity index (χ2n) is 4.25. The second kappa shape index (κ2) is 4.88. The van der Waals surface area contributed by atoms with Gasteiger partial charge in [-0.25, -0.2) is 4.57 Å². The Hall–Kier alpha value is -1.92. The summed E-state index contributed by atoms with van der Waals surface area (Å²) >= 11 is 8.59. The molecule has 0 atom stereocenters. The number of phenolic OH excluding ortho intramolecular Hbond substituents is 1. The van der Waals surface area contributed by atoms with Crippen molar-refractivity contribution < 1.29 is 5.11 Å². The molecule has 0 unspecified atom stereocenters. The molecular formula is C14H9BrN2O2S. The van der Waals surface area contributed by atoms with Gasteiger partial charge >= 0.3 is 0 Å². The maximum absolute atomic E-state index is 12.6. The number of aromatic hydroxyl groups is 1. The lowest BCUT2D eigenvalue weighted by Crippen LogP contribution is -2.20. The summed E-state index contributed by atoms with van der Waals surface area (Å²) in [4.78, 5) is 15.6. The average molecular weight is 349 g/mol. The summed E-state index contributed by atoms with van der Waals surface area (Å²) in [6, 6.07) is 11.9. The fourth-order valence-electron chi connectivity index (χ4n) is 2.06. The van der Waals surface area contributed by atoms with E-state index in [1.807, 2.05) is 0 Å². The lowest BCUT2D eigenvalue weighted by atomic mass is 10.2. The third-order valence-corrected chi connectivity index (χ3v) is 3.76. The Kier molecular flexibility index (Phi) is 3.19. The van der Waals surface area contributed by atoms with E-state index in [0.717, 1.165) is 4.47 Å². The maximum atomic E-state index is 12.6. The van der Waals surface area contributed by atoms with Crippen LogP contribution in [0.3, 0.4) is 0 Å². The number of phenols is 1. The molecule has 0 amide bonds. The van der Waals surface area contributed by atoms with Crippen LogP contribution in [0.5, 0.6) is 5.75 Å². The van der Waals surface area contributed by atoms with Crippen molar-refractivity contribution in [2.24, 2.45) is 0 Å². The van der Waals surface area contributed by atoms with Crippen LogP contribution in [0.4, 0.5) is 0 Å². The van der Waals surface area contributed by atoms with Gasteiger partial charge < -0.3 is 10.1 Å². The number of halogens is 1. The molecule has 1 heterocycles. The fraction of sp³-hybridized carbons (Fsp3) is 0. The molecule has 3 aromatic rings. The highest BCUT2D eigenvalue weighted by Gasteiger charge is 2.10. The van der Waals surface area contributed by atoms with Crippen molar-refractivity contribution in [3.05, 3.63) is 62.1 Å². The number of fused-ring (bicyclic) bond motifs is 1. The molecule has 0 saturated carbocycles. The van der Waals surface area contributed by atoms with Crippen molar-refractivity contribution in [3.8, 4) is 11.4 Å². The highest BCUT2D eigenvalue weighted by Crippen LogP contribution is 2.21. The third-order valence-electron chi connectivity index (χ3n) is 2.98. The van der Waals surface area contributed by atoms with Crippen LogP contribution in [-0.2, 0) is 0 Å². The van der Waals surface area contributed by atoms with Crippen molar-refractivity contribution in [1.82, 2.24) is 9.55 Å². The predicted octanol–water partition coefficient (Wildman–Crippen LogP) is 3.52. The number of nitrogens with one attached hydrogen (secondary N) is 1. The SMILES string of the molecule is O=c1c2ccc(Br)cc2[nH]c(=S)n1-c1ccccc1O. The van der Waals surface area contributed by atoms with Crippen LogP contribution >= 0.6 is 28.1 Å². The number of nitrogens with zero attached hydrogens (tertiary/aromatic N) is 1. The Morgan fingerprint density at radius 2 is 1.95 bits per heavy atom. The van der Waals surface area contributed by atoms with Crippen molar-refractivity contribution in [2.75, 3.05) is 0 Å². The van der Waals surface area contributed by atoms with E-state index in [0.29, 0.717) is 16.6 Å². The fourth-order valence-corrected chi connectivity index (χ4v) is 2.71. The van der Waals surface area contributed by atoms with Gasteiger partial charge in [-0.15, -0.1) is 0 Å². The molecule has 2 aromatic carbocycles. The van der Waals surface area contributed by atoms with Crippen LogP contribution in [0.25, 0.3) is 16.6 Å². The summed E-state index contributed by atoms with van der Waals surface area (Å²) in [6.07, 6.45) is 0. The highest BCUT2D eigenvalue weighted by atomic mass is 79.9. The zero-order valence-electron chi connectivity index (χ0n) is 10.1. The molecule has 0 radical (unpaired) electrons. The third kappa shape index (κ3) is 2.07. The molecule has 100 valence electrons. The largest absolute Gasteiger partial charge is 0.506 e. The lowest BCUT2D eigenvalue weighted by molar-refractivity contribution is 0.471. The molecule has 4 nitrogen and oxygen atoms in total. The molecular weight excluding hydrogens is 340 g/mol. The van der Waals surface area contributed by atoms with Crippen molar-refractivity contribution in [2.45, 2.75) is 0 Å². The molecule has 0 aliphatic carbocycles. The van der Waals surface area contributed by atoms with Crippen LogP contribution in [0, 0.1) is 4.77 Å². The smallest absolute Gasteiger partial charge is 0.266 e. The average Bonchev–Trinajstić information content (AvgIpc) is 2.40. The van der Waals surface area contributed by atoms with E-state index >= 15 is 0 Å². The normalized spacial score (nSPS) is 10.8. The molecule has 3 rings (SSSR count). The van der Waals surface area contributed by atoms with Gasteiger partial charge in [0.1, 0.15) is 5.75 Å². The Morgan fingerprint density at radius 3 is 2.70 bits per heavy atom. The van der Waals surface area contributed by atoms with Gasteiger partial charge in [0.25, 0.3) is 5.56 Å². The number of aromatic amines is 1. The van der Waals surface area contributed by atoms with E-state index in [-0.39, 0.29) is 16.1 Å². The summed E-state index contributed by atoms with van der Waals surface area (Å²) in [5.41, 5.74) is 0.752. The number of hydrogen-bond donors (Lipinski definition) is 2. The van der Waals surface area contributed by atoms with Gasteiger partial charge in [0.15, 0.2) is 4.77 Å². The van der Waals surface area contributed by atoms with Gasteiger partial charge in [-0.1, -0.05) is 28.1 Å². The van der Waals surface area contributed by atoms with Gasteiger partial charge in [-0.05, 0) is 42.5 Å². The van der Waals surface area contributed by atoms with Crippen LogP contribution in [0.15, 0.2) is 51.7 Å². The first-order chi connectivity index (χ1) is 9.58. The summed E-state index contributed by atoms with van der Waals surface area (Å²) in [5.74, 6) is 0.00515. The van der Waals surface area contributed by atoms with Crippen molar-refractivity contribution >= 4 is 39.1 Å². The van der Waals surface area contributed by atoms with E-state index in [1.54, 1.807) is 36.4 Å². The Labute approximate surface area is 127 Å². The van der Waals surface area contributed by atoms with Crippen LogP contribution in [0.1, 0.15) is 0 Å². The molecule has 0 aliphatic rings. The Balaban J connectivity index is 2.44. The van der Waals surface area contributed by atoms with Gasteiger partial charge in [0, 0.05) is 4.47 Å². The first-order valence-electron chi connectivity index (χ1n) is 5.81. The van der Waals surface area contributed by atoms with Crippen LogP contribution in [0.2, 0.25) is 0 Å². The first-order valence-corrected chi connectivity index (χ1v) is 7.01. The number of rotatable bonds is 1. The van der Waals surface area contributed by atoms with E-state index in [1.165, 1.54) is 10.6 Å². The summed E-state index contributed by atoms with van der Waals surface area (Å²) < 4.78 is 2.39. The molecule has 0 fully saturated rings. The number of benzene rings is 2. The molecule has 0 spiro atoms. The summed E-state index contributed by atoms with van der Waals surface area (Å²) in [6.45, 7) is 0. The molecule has 0 bridgehead atoms. The lowest BCUT2D eigenvalue weighted by Gasteiger charge is -2.09. The predicted molar refractivity (Wildman–Crippen MR) is 84.1 cm³/mol. The van der Waals surface area contributed by atoms with Crippen molar-refractivity contribution in [3.63, 3.8) is 0 Å². The van der Waals surface area contributed by atoms with Gasteiger partial charge in [0.2, 0.25) is 0 Å². The van der Waals surface area contributed by atoms with Crippen LogP contribution < -0.4 is 5.56 Å². The maximum Gasteiger partial charge on any atom is 0.266 e. The summed E-state index contributed by atoms with van der Waals surface area (Å²) in [7, 11) is 0. The Morgan fingerprint density at radius 1 is 1.20 bits per heavy atom. The second-order valence-corrected chi connectivity index (χ2v) is 5.55. The number of hydrogen-bond acceptors (Lipinski definition) is 3. The van der Waals surface area contributed by atoms with Gasteiger partial charge in [-0.3, -0.25) is 4.79 Å². The topological polar surface area (TPSA) is 58.0 Å². The molecule has 0 saturated heterocycles. The molecule has 1 aromatic heterocycles. The highest BCUT2D eigenvalue weighted by molar-refractivity contribution is 9.10. The van der Waals surface area contributed by atoms with Crippen LogP contribution in [-0.4, -0.2) is 14.7 Å².